The average Bonchev–Trinajstić information content (AvgIpc) is 2.34. The molecule has 1 atom stereocenters. The van der Waals surface area contributed by atoms with Crippen LogP contribution in [0.1, 0.15) is 0 Å². The second-order valence-electron chi connectivity index (χ2n) is 4.12. The Hall–Kier alpha value is -2.16. The molecule has 0 fully saturated rings. The number of nitrogens with zero attached hydrogens (tertiary/aromatic N) is 1. The molecule has 2 N–H and O–H groups in total. The summed E-state index contributed by atoms with van der Waals surface area (Å²) in [6.07, 6.45) is 3.90. The lowest BCUT2D eigenvalue weighted by Gasteiger charge is -2.21. The largest absolute Gasteiger partial charge is 0.453 e. The van der Waals surface area contributed by atoms with E-state index in [4.69, 9.17) is 9.29 Å². The molecular weight excluding hydrogens is 286 g/mol. The van der Waals surface area contributed by atoms with E-state index in [-0.39, 0.29) is 11.5 Å². The summed E-state index contributed by atoms with van der Waals surface area (Å²) in [7, 11) is -4.59. The molecule has 8 heteroatoms. The van der Waals surface area contributed by atoms with Crippen LogP contribution in [0.2, 0.25) is 0 Å². The van der Waals surface area contributed by atoms with Gasteiger partial charge in [0, 0.05) is 6.07 Å². The van der Waals surface area contributed by atoms with Crippen LogP contribution in [0.4, 0.5) is 5.69 Å². The zero-order valence-electron chi connectivity index (χ0n) is 9.92. The molecule has 0 bridgehead atoms. The molecule has 20 heavy (non-hydrogen) atoms. The van der Waals surface area contributed by atoms with Crippen molar-refractivity contribution < 1.29 is 27.0 Å². The van der Waals surface area contributed by atoms with Crippen molar-refractivity contribution in [2.24, 2.45) is 4.99 Å². The minimum atomic E-state index is -4.59. The van der Waals surface area contributed by atoms with Gasteiger partial charge in [0.05, 0.1) is 6.10 Å². The van der Waals surface area contributed by atoms with Crippen molar-refractivity contribution in [3.63, 3.8) is 0 Å². The van der Waals surface area contributed by atoms with E-state index >= 15 is 0 Å². The second-order valence-corrected chi connectivity index (χ2v) is 5.14. The van der Waals surface area contributed by atoms with Crippen molar-refractivity contribution in [3.05, 3.63) is 42.2 Å². The lowest BCUT2D eigenvalue weighted by Crippen LogP contribution is -2.18. The number of hydrogen-bond acceptors (Lipinski definition) is 6. The topological polar surface area (TPSA) is 105 Å². The number of ether oxygens (including phenoxy) is 1. The Morgan fingerprint density at radius 2 is 2.15 bits per heavy atom. The number of aliphatic imine (C=N–C) groups is 1. The van der Waals surface area contributed by atoms with Crippen molar-refractivity contribution >= 4 is 21.8 Å². The quantitative estimate of drug-likeness (QED) is 0.793. The zero-order valence-corrected chi connectivity index (χ0v) is 10.7. The Labute approximate surface area is 114 Å². The predicted octanol–water partition coefficient (Wildman–Crippen LogP) is 1.15. The van der Waals surface area contributed by atoms with Crippen molar-refractivity contribution in [2.75, 3.05) is 0 Å². The second kappa shape index (κ2) is 4.44. The Balaban J connectivity index is 1.99. The van der Waals surface area contributed by atoms with Crippen LogP contribution < -0.4 is 8.92 Å². The van der Waals surface area contributed by atoms with Gasteiger partial charge < -0.3 is 14.0 Å². The van der Waals surface area contributed by atoms with Gasteiger partial charge in [-0.3, -0.25) is 4.55 Å². The van der Waals surface area contributed by atoms with Gasteiger partial charge in [0.25, 0.3) is 0 Å². The maximum atomic E-state index is 10.7. The van der Waals surface area contributed by atoms with Gasteiger partial charge in [0.1, 0.15) is 17.1 Å². The van der Waals surface area contributed by atoms with Crippen molar-refractivity contribution in [1.29, 1.82) is 0 Å². The van der Waals surface area contributed by atoms with E-state index in [1.54, 1.807) is 12.2 Å². The fourth-order valence-electron chi connectivity index (χ4n) is 1.84. The molecular formula is C12H9NO6S. The van der Waals surface area contributed by atoms with Crippen LogP contribution in [0.15, 0.2) is 47.2 Å². The zero-order chi connectivity index (χ0) is 14.3. The molecule has 7 nitrogen and oxygen atoms in total. The molecule has 0 amide bonds. The number of benzene rings is 1. The average molecular weight is 295 g/mol. The van der Waals surface area contributed by atoms with Crippen LogP contribution >= 0.6 is 0 Å². The minimum absolute atomic E-state index is 0.0996. The van der Waals surface area contributed by atoms with Crippen molar-refractivity contribution in [2.45, 2.75) is 6.10 Å². The van der Waals surface area contributed by atoms with Gasteiger partial charge in [-0.05, 0) is 30.4 Å². The van der Waals surface area contributed by atoms with Crippen LogP contribution in [-0.4, -0.2) is 29.9 Å². The normalized spacial score (nSPS) is 20.2. The molecule has 1 unspecified atom stereocenters. The first-order valence-corrected chi connectivity index (χ1v) is 6.93. The van der Waals surface area contributed by atoms with Gasteiger partial charge in [0.2, 0.25) is 0 Å². The third kappa shape index (κ3) is 2.57. The van der Waals surface area contributed by atoms with Gasteiger partial charge >= 0.3 is 10.4 Å². The highest BCUT2D eigenvalue weighted by atomic mass is 32.3. The molecule has 1 aliphatic heterocycles. The van der Waals surface area contributed by atoms with E-state index in [0.29, 0.717) is 17.2 Å². The molecule has 0 spiro atoms. The summed E-state index contributed by atoms with van der Waals surface area (Å²) >= 11 is 0. The predicted molar refractivity (Wildman–Crippen MR) is 69.6 cm³/mol. The highest BCUT2D eigenvalue weighted by molar-refractivity contribution is 7.81. The Morgan fingerprint density at radius 1 is 1.35 bits per heavy atom. The van der Waals surface area contributed by atoms with Crippen LogP contribution in [0.3, 0.4) is 0 Å². The summed E-state index contributed by atoms with van der Waals surface area (Å²) in [5.74, 6) is 0.539. The van der Waals surface area contributed by atoms with E-state index < -0.39 is 16.5 Å². The monoisotopic (exact) mass is 295 g/mol. The SMILES string of the molecule is O=S(=O)(O)Oc1ccc2c(c1)OC1=CC(O)C=CC1=N2. The Bertz CT molecular complexity index is 762. The maximum absolute atomic E-state index is 10.7. The Morgan fingerprint density at radius 3 is 2.90 bits per heavy atom. The lowest BCUT2D eigenvalue weighted by atomic mass is 10.1. The number of hydrogen-bond donors (Lipinski definition) is 2. The van der Waals surface area contributed by atoms with E-state index in [2.05, 4.69) is 9.18 Å². The van der Waals surface area contributed by atoms with Crippen LogP contribution in [0, 0.1) is 0 Å². The Kier molecular flexibility index (Phi) is 2.85. The standard InChI is InChI=1S/C12H9NO6S/c14-7-1-3-9-11(5-7)18-12-6-8(19-20(15,16)17)2-4-10(12)13-9/h1-7,14H,(H,15,16,17). The minimum Gasteiger partial charge on any atom is -0.453 e. The number of rotatable bonds is 2. The summed E-state index contributed by atoms with van der Waals surface area (Å²) in [4.78, 5) is 4.30. The molecule has 1 heterocycles. The molecule has 2 aliphatic rings. The molecule has 0 aromatic heterocycles. The summed E-state index contributed by atoms with van der Waals surface area (Å²) < 4.78 is 39.8. The molecule has 1 aliphatic carbocycles. The van der Waals surface area contributed by atoms with E-state index in [0.717, 1.165) is 0 Å². The maximum Gasteiger partial charge on any atom is 0.446 e. The van der Waals surface area contributed by atoms with E-state index in [1.807, 2.05) is 0 Å². The van der Waals surface area contributed by atoms with Gasteiger partial charge in [-0.15, -0.1) is 0 Å². The highest BCUT2D eigenvalue weighted by Gasteiger charge is 2.22. The molecule has 104 valence electrons. The first-order chi connectivity index (χ1) is 9.40. The summed E-state index contributed by atoms with van der Waals surface area (Å²) in [5, 5.41) is 9.47. The van der Waals surface area contributed by atoms with Crippen molar-refractivity contribution in [3.8, 4) is 11.5 Å². The fourth-order valence-corrected chi connectivity index (χ4v) is 2.18. The third-order valence-corrected chi connectivity index (χ3v) is 3.02. The van der Waals surface area contributed by atoms with E-state index in [1.165, 1.54) is 24.3 Å². The van der Waals surface area contributed by atoms with Crippen LogP contribution in [-0.2, 0) is 10.4 Å². The van der Waals surface area contributed by atoms with Gasteiger partial charge in [-0.25, -0.2) is 4.99 Å². The molecule has 0 saturated carbocycles. The molecule has 1 aromatic rings. The van der Waals surface area contributed by atoms with Gasteiger partial charge in [-0.2, -0.15) is 8.42 Å². The van der Waals surface area contributed by atoms with Crippen molar-refractivity contribution in [1.82, 2.24) is 0 Å². The first kappa shape index (κ1) is 12.9. The molecule has 0 saturated heterocycles. The lowest BCUT2D eigenvalue weighted by molar-refractivity contribution is 0.265. The summed E-state index contributed by atoms with van der Waals surface area (Å²) in [5.41, 5.74) is 1.05. The fraction of sp³-hybridized carbons (Fsp3) is 0.0833. The van der Waals surface area contributed by atoms with Gasteiger partial charge in [0.15, 0.2) is 11.5 Å². The number of aliphatic hydroxyl groups excluding tert-OH is 1. The molecule has 3 rings (SSSR count). The smallest absolute Gasteiger partial charge is 0.446 e. The van der Waals surface area contributed by atoms with Gasteiger partial charge in [-0.1, -0.05) is 0 Å². The molecule has 1 aromatic carbocycles. The highest BCUT2D eigenvalue weighted by Crippen LogP contribution is 2.37. The number of allylic oxidation sites excluding steroid dienone is 1. The van der Waals surface area contributed by atoms with Crippen LogP contribution in [0.25, 0.3) is 0 Å². The summed E-state index contributed by atoms with van der Waals surface area (Å²) in [6, 6.07) is 4.13. The van der Waals surface area contributed by atoms with E-state index in [9.17, 15) is 13.5 Å². The summed E-state index contributed by atoms with van der Waals surface area (Å²) in [6.45, 7) is 0. The van der Waals surface area contributed by atoms with Crippen LogP contribution in [0.5, 0.6) is 11.5 Å². The number of aliphatic hydroxyl groups is 1. The first-order valence-electron chi connectivity index (χ1n) is 5.57. The number of fused-ring (bicyclic) bond motifs is 2. The third-order valence-electron chi connectivity index (χ3n) is 2.62. The molecule has 0 radical (unpaired) electrons.